The van der Waals surface area contributed by atoms with Crippen molar-refractivity contribution in [3.8, 4) is 11.1 Å². The molecule has 0 unspecified atom stereocenters. The van der Waals surface area contributed by atoms with Gasteiger partial charge >= 0.3 is 0 Å². The van der Waals surface area contributed by atoms with Crippen molar-refractivity contribution in [1.82, 2.24) is 5.16 Å². The van der Waals surface area contributed by atoms with Gasteiger partial charge in [0.05, 0.1) is 10.6 Å². The highest BCUT2D eigenvalue weighted by molar-refractivity contribution is 7.90. The van der Waals surface area contributed by atoms with Gasteiger partial charge in [0, 0.05) is 11.8 Å². The summed E-state index contributed by atoms with van der Waals surface area (Å²) < 4.78 is 28.5. The molecule has 0 N–H and O–H groups in total. The van der Waals surface area contributed by atoms with E-state index in [1.165, 1.54) is 6.26 Å². The van der Waals surface area contributed by atoms with Crippen LogP contribution >= 0.6 is 0 Å². The Bertz CT molecular complexity index is 680. The minimum Gasteiger partial charge on any atom is -0.361 e. The molecule has 1 heterocycles. The monoisotopic (exact) mass is 265 g/mol. The number of rotatable bonds is 2. The van der Waals surface area contributed by atoms with Crippen molar-refractivity contribution in [2.24, 2.45) is 0 Å². The van der Waals surface area contributed by atoms with Gasteiger partial charge in [-0.1, -0.05) is 17.3 Å². The first-order chi connectivity index (χ1) is 8.30. The number of hydrogen-bond acceptors (Lipinski definition) is 4. The summed E-state index contributed by atoms with van der Waals surface area (Å²) >= 11 is 0. The van der Waals surface area contributed by atoms with Gasteiger partial charge in [-0.3, -0.25) is 0 Å². The lowest BCUT2D eigenvalue weighted by molar-refractivity contribution is 0.393. The number of benzene rings is 1. The number of aryl methyl sites for hydroxylation is 3. The maximum absolute atomic E-state index is 11.7. The van der Waals surface area contributed by atoms with Crippen LogP contribution in [0.1, 0.15) is 17.0 Å². The maximum atomic E-state index is 11.7. The summed E-state index contributed by atoms with van der Waals surface area (Å²) in [7, 11) is -3.22. The van der Waals surface area contributed by atoms with E-state index in [2.05, 4.69) is 5.16 Å². The molecule has 0 aliphatic heterocycles. The topological polar surface area (TPSA) is 60.2 Å². The summed E-state index contributed by atoms with van der Waals surface area (Å²) in [6.07, 6.45) is 1.21. The van der Waals surface area contributed by atoms with E-state index in [1.54, 1.807) is 19.1 Å². The smallest absolute Gasteiger partial charge is 0.175 e. The molecule has 0 amide bonds. The molecular formula is C13H15NO3S. The molecule has 0 aliphatic rings. The van der Waals surface area contributed by atoms with E-state index in [1.807, 2.05) is 19.9 Å². The highest BCUT2D eigenvalue weighted by atomic mass is 32.2. The molecule has 0 radical (unpaired) electrons. The van der Waals surface area contributed by atoms with Gasteiger partial charge in [-0.05, 0) is 38.0 Å². The van der Waals surface area contributed by atoms with Gasteiger partial charge in [0.2, 0.25) is 0 Å². The van der Waals surface area contributed by atoms with Crippen LogP contribution in [0.2, 0.25) is 0 Å². The van der Waals surface area contributed by atoms with Crippen LogP contribution in [-0.2, 0) is 9.84 Å². The summed E-state index contributed by atoms with van der Waals surface area (Å²) in [4.78, 5) is 0.347. The van der Waals surface area contributed by atoms with E-state index < -0.39 is 9.84 Å². The molecule has 0 fully saturated rings. The molecule has 0 saturated carbocycles. The van der Waals surface area contributed by atoms with Crippen molar-refractivity contribution in [3.05, 3.63) is 35.2 Å². The first-order valence-corrected chi connectivity index (χ1v) is 7.44. The van der Waals surface area contributed by atoms with E-state index in [-0.39, 0.29) is 0 Å². The van der Waals surface area contributed by atoms with Crippen LogP contribution in [-0.4, -0.2) is 19.8 Å². The van der Waals surface area contributed by atoms with Gasteiger partial charge in [-0.25, -0.2) is 8.42 Å². The summed E-state index contributed by atoms with van der Waals surface area (Å²) in [5, 5.41) is 3.88. The minimum absolute atomic E-state index is 0.347. The van der Waals surface area contributed by atoms with E-state index in [9.17, 15) is 8.42 Å². The standard InChI is InChI=1S/C13H15NO3S/c1-8-5-6-11(7-12(8)18(4,15)16)13-9(2)14-17-10(13)3/h5-7H,1-4H3. The Balaban J connectivity index is 2.69. The lowest BCUT2D eigenvalue weighted by atomic mass is 10.0. The Morgan fingerprint density at radius 1 is 1.17 bits per heavy atom. The van der Waals surface area contributed by atoms with Gasteiger partial charge in [0.1, 0.15) is 5.76 Å². The molecule has 2 aromatic rings. The van der Waals surface area contributed by atoms with Crippen LogP contribution in [0.25, 0.3) is 11.1 Å². The SMILES string of the molecule is Cc1ccc(-c2c(C)noc2C)cc1S(C)(=O)=O. The predicted octanol–water partition coefficient (Wildman–Crippen LogP) is 2.67. The number of aromatic nitrogens is 1. The fourth-order valence-electron chi connectivity index (χ4n) is 2.05. The Morgan fingerprint density at radius 3 is 2.33 bits per heavy atom. The summed E-state index contributed by atoms with van der Waals surface area (Å²) in [6.45, 7) is 5.44. The van der Waals surface area contributed by atoms with Gasteiger partial charge < -0.3 is 4.52 Å². The van der Waals surface area contributed by atoms with Crippen LogP contribution in [0, 0.1) is 20.8 Å². The van der Waals surface area contributed by atoms with Crippen molar-refractivity contribution < 1.29 is 12.9 Å². The van der Waals surface area contributed by atoms with Gasteiger partial charge in [-0.15, -0.1) is 0 Å². The highest BCUT2D eigenvalue weighted by Crippen LogP contribution is 2.29. The number of nitrogens with zero attached hydrogens (tertiary/aromatic N) is 1. The molecule has 5 heteroatoms. The average molecular weight is 265 g/mol. The predicted molar refractivity (Wildman–Crippen MR) is 69.3 cm³/mol. The molecule has 2 rings (SSSR count). The van der Waals surface area contributed by atoms with Gasteiger partial charge in [0.15, 0.2) is 9.84 Å². The largest absolute Gasteiger partial charge is 0.361 e. The van der Waals surface area contributed by atoms with Crippen LogP contribution in [0.5, 0.6) is 0 Å². The zero-order chi connectivity index (χ0) is 13.5. The first kappa shape index (κ1) is 12.8. The van der Waals surface area contributed by atoms with Gasteiger partial charge in [-0.2, -0.15) is 0 Å². The molecule has 0 aliphatic carbocycles. The van der Waals surface area contributed by atoms with Crippen LogP contribution in [0.4, 0.5) is 0 Å². The van der Waals surface area contributed by atoms with Crippen molar-refractivity contribution in [3.63, 3.8) is 0 Å². The summed E-state index contributed by atoms with van der Waals surface area (Å²) in [5.41, 5.74) is 3.18. The fraction of sp³-hybridized carbons (Fsp3) is 0.308. The lowest BCUT2D eigenvalue weighted by Crippen LogP contribution is -2.00. The Labute approximate surface area is 107 Å². The van der Waals surface area contributed by atoms with Crippen LogP contribution in [0.15, 0.2) is 27.6 Å². The Hall–Kier alpha value is -1.62. The second-order valence-corrected chi connectivity index (χ2v) is 6.44. The van der Waals surface area contributed by atoms with Crippen molar-refractivity contribution in [1.29, 1.82) is 0 Å². The Morgan fingerprint density at radius 2 is 1.83 bits per heavy atom. The molecule has 0 spiro atoms. The summed E-state index contributed by atoms with van der Waals surface area (Å²) in [5.74, 6) is 0.691. The third-order valence-electron chi connectivity index (χ3n) is 2.91. The number of sulfone groups is 1. The zero-order valence-corrected chi connectivity index (χ0v) is 11.6. The molecular weight excluding hydrogens is 250 g/mol. The van der Waals surface area contributed by atoms with E-state index in [0.717, 1.165) is 22.4 Å². The molecule has 1 aromatic heterocycles. The second kappa shape index (κ2) is 4.24. The molecule has 0 saturated heterocycles. The lowest BCUT2D eigenvalue weighted by Gasteiger charge is -2.07. The highest BCUT2D eigenvalue weighted by Gasteiger charge is 2.16. The zero-order valence-electron chi connectivity index (χ0n) is 10.8. The molecule has 96 valence electrons. The van der Waals surface area contributed by atoms with Crippen molar-refractivity contribution in [2.75, 3.05) is 6.26 Å². The van der Waals surface area contributed by atoms with E-state index >= 15 is 0 Å². The van der Waals surface area contributed by atoms with Crippen molar-refractivity contribution in [2.45, 2.75) is 25.7 Å². The molecule has 0 atom stereocenters. The molecule has 18 heavy (non-hydrogen) atoms. The fourth-order valence-corrected chi connectivity index (χ4v) is 3.04. The van der Waals surface area contributed by atoms with Crippen molar-refractivity contribution >= 4 is 9.84 Å². The molecule has 0 bridgehead atoms. The molecule has 1 aromatic carbocycles. The first-order valence-electron chi connectivity index (χ1n) is 5.54. The molecule has 4 nitrogen and oxygen atoms in total. The van der Waals surface area contributed by atoms with Crippen LogP contribution in [0.3, 0.4) is 0 Å². The normalized spacial score (nSPS) is 11.8. The quantitative estimate of drug-likeness (QED) is 0.837. The van der Waals surface area contributed by atoms with E-state index in [0.29, 0.717) is 10.7 Å². The maximum Gasteiger partial charge on any atom is 0.175 e. The second-order valence-electron chi connectivity index (χ2n) is 4.45. The minimum atomic E-state index is -3.22. The van der Waals surface area contributed by atoms with E-state index in [4.69, 9.17) is 4.52 Å². The van der Waals surface area contributed by atoms with Gasteiger partial charge in [0.25, 0.3) is 0 Å². The third-order valence-corrected chi connectivity index (χ3v) is 4.15. The summed E-state index contributed by atoms with van der Waals surface area (Å²) in [6, 6.07) is 5.37. The van der Waals surface area contributed by atoms with Crippen LogP contribution < -0.4 is 0 Å². The Kier molecular flexibility index (Phi) is 3.02. The third kappa shape index (κ3) is 2.18. The average Bonchev–Trinajstić information content (AvgIpc) is 2.58. The number of hydrogen-bond donors (Lipinski definition) is 0.